The number of benzene rings is 1. The van der Waals surface area contributed by atoms with Crippen molar-refractivity contribution in [1.29, 1.82) is 0 Å². The van der Waals surface area contributed by atoms with Crippen LogP contribution in [-0.2, 0) is 26.1 Å². The number of esters is 1. The SMILES string of the molecule is O=C(Cc1ccccc1)OCC(F)(F)S(=O)(=O)[O-].[Na+]. The van der Waals surface area contributed by atoms with Crippen molar-refractivity contribution in [2.45, 2.75) is 11.7 Å². The van der Waals surface area contributed by atoms with Crippen LogP contribution in [0.1, 0.15) is 5.56 Å². The minimum atomic E-state index is -5.83. The van der Waals surface area contributed by atoms with Crippen molar-refractivity contribution in [1.82, 2.24) is 0 Å². The number of ether oxygens (including phenoxy) is 1. The fourth-order valence-electron chi connectivity index (χ4n) is 1.05. The maximum Gasteiger partial charge on any atom is 1.00 e. The number of hydrogen-bond acceptors (Lipinski definition) is 5. The molecule has 9 heteroatoms. The molecule has 0 heterocycles. The molecule has 0 radical (unpaired) electrons. The fraction of sp³-hybridized carbons (Fsp3) is 0.300. The van der Waals surface area contributed by atoms with Gasteiger partial charge in [0.15, 0.2) is 16.7 Å². The van der Waals surface area contributed by atoms with Gasteiger partial charge in [-0.25, -0.2) is 8.42 Å². The van der Waals surface area contributed by atoms with Crippen LogP contribution in [0.5, 0.6) is 0 Å². The topological polar surface area (TPSA) is 83.5 Å². The number of carbonyl (C=O) groups is 1. The van der Waals surface area contributed by atoms with E-state index in [4.69, 9.17) is 0 Å². The number of rotatable bonds is 5. The number of carbonyl (C=O) groups excluding carboxylic acids is 1. The molecule has 19 heavy (non-hydrogen) atoms. The Morgan fingerprint density at radius 1 is 1.26 bits per heavy atom. The van der Waals surface area contributed by atoms with Gasteiger partial charge in [-0.15, -0.1) is 0 Å². The number of halogens is 2. The van der Waals surface area contributed by atoms with Gasteiger partial charge in [-0.3, -0.25) is 4.79 Å². The van der Waals surface area contributed by atoms with E-state index in [9.17, 15) is 26.5 Å². The van der Waals surface area contributed by atoms with E-state index in [1.807, 2.05) is 0 Å². The van der Waals surface area contributed by atoms with E-state index in [-0.39, 0.29) is 36.0 Å². The predicted molar refractivity (Wildman–Crippen MR) is 55.7 cm³/mol. The zero-order valence-electron chi connectivity index (χ0n) is 10.0. The van der Waals surface area contributed by atoms with Gasteiger partial charge >= 0.3 is 40.8 Å². The maximum absolute atomic E-state index is 12.7. The molecule has 0 unspecified atom stereocenters. The van der Waals surface area contributed by atoms with Crippen molar-refractivity contribution in [2.24, 2.45) is 0 Å². The molecule has 0 N–H and O–H groups in total. The van der Waals surface area contributed by atoms with Crippen molar-refractivity contribution < 1.29 is 60.8 Å². The third kappa shape index (κ3) is 5.96. The van der Waals surface area contributed by atoms with Gasteiger partial charge in [0.1, 0.15) is 0 Å². The minimum absolute atomic E-state index is 0. The second kappa shape index (κ2) is 7.30. The van der Waals surface area contributed by atoms with E-state index in [0.717, 1.165) is 0 Å². The van der Waals surface area contributed by atoms with E-state index in [0.29, 0.717) is 5.56 Å². The number of alkyl halides is 2. The summed E-state index contributed by atoms with van der Waals surface area (Å²) in [6, 6.07) is 8.12. The van der Waals surface area contributed by atoms with Crippen LogP contribution in [0, 0.1) is 0 Å². The molecule has 0 aromatic heterocycles. The molecule has 0 saturated carbocycles. The van der Waals surface area contributed by atoms with Gasteiger partial charge in [0, 0.05) is 0 Å². The Balaban J connectivity index is 0.00000324. The molecule has 1 aromatic carbocycles. The molecule has 0 bridgehead atoms. The second-order valence-corrected chi connectivity index (χ2v) is 4.92. The average molecular weight is 302 g/mol. The Bertz CT molecular complexity index is 518. The van der Waals surface area contributed by atoms with Gasteiger partial charge < -0.3 is 9.29 Å². The first-order valence-electron chi connectivity index (χ1n) is 4.75. The third-order valence-electron chi connectivity index (χ3n) is 1.96. The Morgan fingerprint density at radius 3 is 2.26 bits per heavy atom. The molecular formula is C10H9F2NaO5S. The standard InChI is InChI=1S/C10H10F2O5S.Na/c11-10(12,18(14,15)16)7-17-9(13)6-8-4-2-1-3-5-8;/h1-5H,6-7H2,(H,14,15,16);/q;+1/p-1. The predicted octanol–water partition coefficient (Wildman–Crippen LogP) is -2.09. The van der Waals surface area contributed by atoms with Crippen molar-refractivity contribution in [3.05, 3.63) is 35.9 Å². The molecule has 100 valence electrons. The molecule has 0 spiro atoms. The first kappa shape index (κ1) is 18.5. The summed E-state index contributed by atoms with van der Waals surface area (Å²) >= 11 is 0. The van der Waals surface area contributed by atoms with Crippen LogP contribution >= 0.6 is 0 Å². The summed E-state index contributed by atoms with van der Waals surface area (Å²) in [5, 5.41) is -4.61. The van der Waals surface area contributed by atoms with Crippen LogP contribution in [0.25, 0.3) is 0 Å². The summed E-state index contributed by atoms with van der Waals surface area (Å²) in [6.45, 7) is -1.77. The van der Waals surface area contributed by atoms with Crippen LogP contribution in [0.3, 0.4) is 0 Å². The van der Waals surface area contributed by atoms with Crippen molar-refractivity contribution in [2.75, 3.05) is 6.61 Å². The fourth-order valence-corrected chi connectivity index (χ4v) is 1.25. The van der Waals surface area contributed by atoms with Crippen LogP contribution in [0.15, 0.2) is 30.3 Å². The molecular weight excluding hydrogens is 293 g/mol. The van der Waals surface area contributed by atoms with E-state index in [2.05, 4.69) is 4.74 Å². The quantitative estimate of drug-likeness (QED) is 0.354. The molecule has 0 aliphatic carbocycles. The Labute approximate surface area is 131 Å². The van der Waals surface area contributed by atoms with Gasteiger partial charge in [0.2, 0.25) is 0 Å². The van der Waals surface area contributed by atoms with Gasteiger partial charge in [-0.2, -0.15) is 8.78 Å². The van der Waals surface area contributed by atoms with Crippen LogP contribution in [-0.4, -0.2) is 30.8 Å². The van der Waals surface area contributed by atoms with Crippen LogP contribution < -0.4 is 29.6 Å². The summed E-state index contributed by atoms with van der Waals surface area (Å²) in [5.41, 5.74) is 0.524. The summed E-state index contributed by atoms with van der Waals surface area (Å²) in [6.07, 6.45) is -0.282. The Hall–Kier alpha value is -0.540. The zero-order valence-corrected chi connectivity index (χ0v) is 12.8. The molecule has 1 rings (SSSR count). The van der Waals surface area contributed by atoms with Crippen molar-refractivity contribution >= 4 is 16.1 Å². The van der Waals surface area contributed by atoms with E-state index in [1.54, 1.807) is 30.3 Å². The van der Waals surface area contributed by atoms with Crippen molar-refractivity contribution in [3.63, 3.8) is 0 Å². The molecule has 0 aliphatic heterocycles. The second-order valence-electron chi connectivity index (χ2n) is 3.41. The number of hydrogen-bond donors (Lipinski definition) is 0. The first-order valence-corrected chi connectivity index (χ1v) is 6.16. The van der Waals surface area contributed by atoms with E-state index in [1.165, 1.54) is 0 Å². The van der Waals surface area contributed by atoms with Crippen LogP contribution in [0.2, 0.25) is 0 Å². The van der Waals surface area contributed by atoms with Gasteiger partial charge in [-0.05, 0) is 5.56 Å². The molecule has 1 aromatic rings. The first-order chi connectivity index (χ1) is 8.22. The monoisotopic (exact) mass is 302 g/mol. The average Bonchev–Trinajstić information content (AvgIpc) is 2.26. The molecule has 0 fully saturated rings. The molecule has 0 amide bonds. The maximum atomic E-state index is 12.7. The smallest absolute Gasteiger partial charge is 0.743 e. The van der Waals surface area contributed by atoms with E-state index < -0.39 is 27.9 Å². The minimum Gasteiger partial charge on any atom is -0.743 e. The van der Waals surface area contributed by atoms with Crippen molar-refractivity contribution in [3.8, 4) is 0 Å². The summed E-state index contributed by atoms with van der Waals surface area (Å²) in [7, 11) is -5.83. The third-order valence-corrected chi connectivity index (χ3v) is 2.81. The largest absolute Gasteiger partial charge is 1.00 e. The van der Waals surface area contributed by atoms with E-state index >= 15 is 0 Å². The Kier molecular flexibility index (Phi) is 7.09. The zero-order chi connectivity index (χ0) is 13.8. The Morgan fingerprint density at radius 2 is 1.79 bits per heavy atom. The summed E-state index contributed by atoms with van der Waals surface area (Å²) in [5.74, 6) is -1.04. The summed E-state index contributed by atoms with van der Waals surface area (Å²) in [4.78, 5) is 11.1. The summed E-state index contributed by atoms with van der Waals surface area (Å²) < 4.78 is 59.8. The van der Waals surface area contributed by atoms with Gasteiger partial charge in [-0.1, -0.05) is 30.3 Å². The molecule has 0 aliphatic rings. The molecule has 0 saturated heterocycles. The van der Waals surface area contributed by atoms with Gasteiger partial charge in [0.05, 0.1) is 6.42 Å². The normalized spacial score (nSPS) is 11.5. The van der Waals surface area contributed by atoms with Crippen LogP contribution in [0.4, 0.5) is 8.78 Å². The molecule has 0 atom stereocenters. The van der Waals surface area contributed by atoms with Gasteiger partial charge in [0.25, 0.3) is 0 Å². The molecule has 5 nitrogen and oxygen atoms in total.